The topological polar surface area (TPSA) is 58.3 Å². The zero-order chi connectivity index (χ0) is 17.7. The molecule has 1 fully saturated rings. The summed E-state index contributed by atoms with van der Waals surface area (Å²) < 4.78 is 1.79. The monoisotopic (exact) mass is 340 g/mol. The van der Waals surface area contributed by atoms with Crippen molar-refractivity contribution in [2.75, 3.05) is 20.1 Å². The van der Waals surface area contributed by atoms with Crippen molar-refractivity contribution in [1.82, 2.24) is 25.0 Å². The third-order valence-electron chi connectivity index (χ3n) is 5.14. The number of hydrogen-bond acceptors (Lipinski definition) is 3. The van der Waals surface area contributed by atoms with Crippen molar-refractivity contribution in [3.8, 4) is 0 Å². The molecule has 134 valence electrons. The van der Waals surface area contributed by atoms with E-state index in [1.807, 2.05) is 14.1 Å². The summed E-state index contributed by atoms with van der Waals surface area (Å²) in [4.78, 5) is 11.1. The van der Waals surface area contributed by atoms with Crippen molar-refractivity contribution in [3.63, 3.8) is 0 Å². The highest BCUT2D eigenvalue weighted by atomic mass is 15.3. The van der Waals surface area contributed by atoms with Crippen molar-refractivity contribution >= 4 is 5.96 Å². The van der Waals surface area contributed by atoms with E-state index in [-0.39, 0.29) is 0 Å². The molecular weight excluding hydrogens is 312 g/mol. The first-order valence-corrected chi connectivity index (χ1v) is 8.92. The molecule has 1 aromatic heterocycles. The second-order valence-corrected chi connectivity index (χ2v) is 7.17. The number of rotatable bonds is 5. The Morgan fingerprint density at radius 3 is 2.80 bits per heavy atom. The van der Waals surface area contributed by atoms with E-state index in [0.29, 0.717) is 12.0 Å². The number of nitrogens with one attached hydrogen (secondary N) is 1. The van der Waals surface area contributed by atoms with Crippen molar-refractivity contribution in [2.45, 2.75) is 32.7 Å². The average molecular weight is 340 g/mol. The fourth-order valence-corrected chi connectivity index (χ4v) is 3.47. The van der Waals surface area contributed by atoms with Gasteiger partial charge in [-0.15, -0.1) is 0 Å². The molecular formula is C19H28N6. The van der Waals surface area contributed by atoms with E-state index in [9.17, 15) is 0 Å². The first-order valence-electron chi connectivity index (χ1n) is 8.92. The Kier molecular flexibility index (Phi) is 5.36. The summed E-state index contributed by atoms with van der Waals surface area (Å²) in [5.74, 6) is 1.86. The van der Waals surface area contributed by atoms with Crippen LogP contribution in [0.2, 0.25) is 0 Å². The second kappa shape index (κ2) is 7.68. The smallest absolute Gasteiger partial charge is 0.194 e. The standard InChI is InChI=1S/C19H28N6/c1-19(10-9-16-7-5-4-6-8-16)11-12-25(14-19)18(20-2)21-13-17-22-15-23-24(17)3/h4-8,15H,9-14H2,1-3H3,(H,20,21). The highest BCUT2D eigenvalue weighted by molar-refractivity contribution is 5.80. The lowest BCUT2D eigenvalue weighted by Crippen LogP contribution is -2.41. The van der Waals surface area contributed by atoms with Gasteiger partial charge < -0.3 is 10.2 Å². The second-order valence-electron chi connectivity index (χ2n) is 7.17. The largest absolute Gasteiger partial charge is 0.349 e. The van der Waals surface area contributed by atoms with Crippen LogP contribution in [0.3, 0.4) is 0 Å². The number of hydrogen-bond donors (Lipinski definition) is 1. The molecule has 1 N–H and O–H groups in total. The molecule has 0 spiro atoms. The van der Waals surface area contributed by atoms with E-state index in [0.717, 1.165) is 31.3 Å². The summed E-state index contributed by atoms with van der Waals surface area (Å²) in [5.41, 5.74) is 1.75. The highest BCUT2D eigenvalue weighted by Gasteiger charge is 2.34. The van der Waals surface area contributed by atoms with Gasteiger partial charge in [0.05, 0.1) is 6.54 Å². The molecule has 1 aliphatic rings. The Morgan fingerprint density at radius 1 is 1.32 bits per heavy atom. The maximum atomic E-state index is 4.46. The fraction of sp³-hybridized carbons (Fsp3) is 0.526. The molecule has 2 heterocycles. The molecule has 0 saturated carbocycles. The molecule has 25 heavy (non-hydrogen) atoms. The summed E-state index contributed by atoms with van der Waals surface area (Å²) in [6, 6.07) is 10.8. The molecule has 0 amide bonds. The van der Waals surface area contributed by atoms with Crippen LogP contribution in [0.5, 0.6) is 0 Å². The van der Waals surface area contributed by atoms with Crippen LogP contribution in [-0.4, -0.2) is 45.8 Å². The minimum Gasteiger partial charge on any atom is -0.349 e. The first kappa shape index (κ1) is 17.5. The number of guanidine groups is 1. The van der Waals surface area contributed by atoms with Gasteiger partial charge >= 0.3 is 0 Å². The van der Waals surface area contributed by atoms with Gasteiger partial charge in [-0.3, -0.25) is 9.67 Å². The van der Waals surface area contributed by atoms with Gasteiger partial charge in [-0.2, -0.15) is 5.10 Å². The molecule has 1 aromatic carbocycles. The van der Waals surface area contributed by atoms with Crippen LogP contribution >= 0.6 is 0 Å². The summed E-state index contributed by atoms with van der Waals surface area (Å²) in [6.45, 7) is 5.12. The zero-order valence-electron chi connectivity index (χ0n) is 15.4. The van der Waals surface area contributed by atoms with Crippen LogP contribution < -0.4 is 5.32 Å². The number of aliphatic imine (C=N–C) groups is 1. The molecule has 3 rings (SSSR count). The Morgan fingerprint density at radius 2 is 2.12 bits per heavy atom. The van der Waals surface area contributed by atoms with Crippen molar-refractivity contribution in [1.29, 1.82) is 0 Å². The van der Waals surface area contributed by atoms with Gasteiger partial charge in [-0.05, 0) is 30.2 Å². The average Bonchev–Trinajstić information content (AvgIpc) is 3.22. The maximum Gasteiger partial charge on any atom is 0.194 e. The Hall–Kier alpha value is -2.37. The SMILES string of the molecule is CN=C(NCc1ncnn1C)N1CCC(C)(CCc2ccccc2)C1. The van der Waals surface area contributed by atoms with Gasteiger partial charge in [-0.1, -0.05) is 37.3 Å². The van der Waals surface area contributed by atoms with Crippen LogP contribution in [0.1, 0.15) is 31.2 Å². The van der Waals surface area contributed by atoms with E-state index in [1.54, 1.807) is 11.0 Å². The van der Waals surface area contributed by atoms with Crippen LogP contribution in [0, 0.1) is 5.41 Å². The fourth-order valence-electron chi connectivity index (χ4n) is 3.47. The maximum absolute atomic E-state index is 4.46. The van der Waals surface area contributed by atoms with Crippen molar-refractivity contribution < 1.29 is 0 Å². The minimum absolute atomic E-state index is 0.332. The summed E-state index contributed by atoms with van der Waals surface area (Å²) in [6.07, 6.45) is 5.12. The van der Waals surface area contributed by atoms with Gasteiger partial charge in [0, 0.05) is 27.2 Å². The first-order chi connectivity index (χ1) is 12.1. The van der Waals surface area contributed by atoms with Crippen molar-refractivity contribution in [3.05, 3.63) is 48.0 Å². The number of benzene rings is 1. The van der Waals surface area contributed by atoms with E-state index in [2.05, 4.69) is 62.5 Å². The lowest BCUT2D eigenvalue weighted by Gasteiger charge is -2.26. The van der Waals surface area contributed by atoms with Crippen molar-refractivity contribution in [2.24, 2.45) is 17.5 Å². The quantitative estimate of drug-likeness (QED) is 0.670. The summed E-state index contributed by atoms with van der Waals surface area (Å²) >= 11 is 0. The molecule has 0 aliphatic carbocycles. The van der Waals surface area contributed by atoms with Gasteiger partial charge in [-0.25, -0.2) is 4.98 Å². The molecule has 1 atom stereocenters. The normalized spacial score (nSPS) is 20.9. The van der Waals surface area contributed by atoms with Gasteiger partial charge in [0.1, 0.15) is 12.2 Å². The third kappa shape index (κ3) is 4.38. The Bertz CT molecular complexity index is 708. The molecule has 0 radical (unpaired) electrons. The zero-order valence-corrected chi connectivity index (χ0v) is 15.4. The number of likely N-dealkylation sites (tertiary alicyclic amines) is 1. The number of aromatic nitrogens is 3. The van der Waals surface area contributed by atoms with Crippen LogP contribution in [-0.2, 0) is 20.0 Å². The highest BCUT2D eigenvalue weighted by Crippen LogP contribution is 2.34. The van der Waals surface area contributed by atoms with Gasteiger partial charge in [0.2, 0.25) is 0 Å². The van der Waals surface area contributed by atoms with Gasteiger partial charge in [0.15, 0.2) is 5.96 Å². The minimum atomic E-state index is 0.332. The summed E-state index contributed by atoms with van der Waals surface area (Å²) in [7, 11) is 3.75. The molecule has 1 aliphatic heterocycles. The molecule has 6 heteroatoms. The summed E-state index contributed by atoms with van der Waals surface area (Å²) in [5, 5.41) is 7.52. The van der Waals surface area contributed by atoms with E-state index < -0.39 is 0 Å². The third-order valence-corrected chi connectivity index (χ3v) is 5.14. The van der Waals surface area contributed by atoms with Crippen LogP contribution in [0.4, 0.5) is 0 Å². The predicted octanol–water partition coefficient (Wildman–Crippen LogP) is 2.24. The van der Waals surface area contributed by atoms with E-state index >= 15 is 0 Å². The number of nitrogens with zero attached hydrogens (tertiary/aromatic N) is 5. The molecule has 1 unspecified atom stereocenters. The lowest BCUT2D eigenvalue weighted by molar-refractivity contribution is 0.308. The Balaban J connectivity index is 1.54. The molecule has 0 bridgehead atoms. The van der Waals surface area contributed by atoms with Crippen LogP contribution in [0.25, 0.3) is 0 Å². The van der Waals surface area contributed by atoms with E-state index in [4.69, 9.17) is 0 Å². The van der Waals surface area contributed by atoms with E-state index in [1.165, 1.54) is 18.4 Å². The molecule has 2 aromatic rings. The Labute approximate surface area is 150 Å². The van der Waals surface area contributed by atoms with Gasteiger partial charge in [0.25, 0.3) is 0 Å². The predicted molar refractivity (Wildman–Crippen MR) is 100 cm³/mol. The lowest BCUT2D eigenvalue weighted by atomic mass is 9.83. The molecule has 1 saturated heterocycles. The molecule has 6 nitrogen and oxygen atoms in total. The number of aryl methyl sites for hydroxylation is 2. The van der Waals surface area contributed by atoms with Crippen LogP contribution in [0.15, 0.2) is 41.7 Å².